The van der Waals surface area contributed by atoms with Crippen molar-refractivity contribution in [3.63, 3.8) is 0 Å². The van der Waals surface area contributed by atoms with E-state index in [1.165, 1.54) is 4.90 Å². The van der Waals surface area contributed by atoms with Gasteiger partial charge in [0, 0.05) is 16.3 Å². The molecule has 1 saturated heterocycles. The Hall–Kier alpha value is -3.89. The van der Waals surface area contributed by atoms with Crippen LogP contribution in [0.1, 0.15) is 49.1 Å². The van der Waals surface area contributed by atoms with Gasteiger partial charge in [0.05, 0.1) is 11.6 Å². The fraction of sp³-hybridized carbons (Fsp3) is 0.188. The van der Waals surface area contributed by atoms with E-state index in [1.54, 1.807) is 24.3 Å². The van der Waals surface area contributed by atoms with Crippen molar-refractivity contribution in [3.8, 4) is 0 Å². The maximum Gasteiger partial charge on any atom is 0.300 e. The normalized spacial score (nSPS) is 17.5. The Morgan fingerprint density at radius 3 is 2.22 bits per heavy atom. The van der Waals surface area contributed by atoms with Gasteiger partial charge in [-0.05, 0) is 51.9 Å². The molecule has 0 aliphatic carbocycles. The second kappa shape index (κ2) is 9.20. The van der Waals surface area contributed by atoms with E-state index < -0.39 is 17.7 Å². The van der Waals surface area contributed by atoms with E-state index in [9.17, 15) is 14.7 Å². The van der Waals surface area contributed by atoms with Crippen LogP contribution in [0.2, 0.25) is 5.02 Å². The second-order valence-corrected chi connectivity index (χ2v) is 10.9. The Morgan fingerprint density at radius 2 is 1.51 bits per heavy atom. The number of Topliss-reactive ketones (excluding diaryl/α,β-unsaturated/α-hetero) is 1. The highest BCUT2D eigenvalue weighted by Crippen LogP contribution is 2.45. The molecule has 1 unspecified atom stereocenters. The number of benzene rings is 4. The first kappa shape index (κ1) is 24.8. The van der Waals surface area contributed by atoms with Gasteiger partial charge in [-0.25, -0.2) is 0 Å². The van der Waals surface area contributed by atoms with Crippen molar-refractivity contribution < 1.29 is 14.7 Å². The Labute approximate surface area is 221 Å². The summed E-state index contributed by atoms with van der Waals surface area (Å²) in [4.78, 5) is 28.6. The number of nitrogens with zero attached hydrogens (tertiary/aromatic N) is 1. The van der Waals surface area contributed by atoms with Crippen LogP contribution in [0, 0.1) is 6.92 Å². The Kier molecular flexibility index (Phi) is 6.17. The van der Waals surface area contributed by atoms with Gasteiger partial charge in [-0.1, -0.05) is 105 Å². The Balaban J connectivity index is 1.78. The van der Waals surface area contributed by atoms with Crippen molar-refractivity contribution >= 4 is 45.5 Å². The first-order valence-electron chi connectivity index (χ1n) is 12.2. The van der Waals surface area contributed by atoms with Crippen LogP contribution >= 0.6 is 11.6 Å². The molecule has 0 aromatic heterocycles. The second-order valence-electron chi connectivity index (χ2n) is 10.5. The topological polar surface area (TPSA) is 57.6 Å². The Bertz CT molecular complexity index is 1570. The standard InChI is InChI=1S/C32H28ClNO3/c1-19-25(33)13-8-14-26(19)34-28(21-15-17-22(18-16-21)32(2,3)4)27(30(36)31(34)37)29(35)24-12-7-10-20-9-5-6-11-23(20)24/h5-18,28,35H,1-4H3/b29-27-. The fourth-order valence-electron chi connectivity index (χ4n) is 5.00. The van der Waals surface area contributed by atoms with Gasteiger partial charge in [-0.2, -0.15) is 0 Å². The maximum absolute atomic E-state index is 13.6. The molecule has 37 heavy (non-hydrogen) atoms. The van der Waals surface area contributed by atoms with Crippen LogP contribution in [0.5, 0.6) is 0 Å². The van der Waals surface area contributed by atoms with Gasteiger partial charge in [-0.15, -0.1) is 0 Å². The van der Waals surface area contributed by atoms with E-state index in [-0.39, 0.29) is 16.7 Å². The third-order valence-corrected chi connectivity index (χ3v) is 7.49. The van der Waals surface area contributed by atoms with E-state index >= 15 is 0 Å². The fourth-order valence-corrected chi connectivity index (χ4v) is 5.17. The first-order chi connectivity index (χ1) is 17.6. The zero-order chi connectivity index (χ0) is 26.5. The van der Waals surface area contributed by atoms with Gasteiger partial charge in [0.2, 0.25) is 0 Å². The summed E-state index contributed by atoms with van der Waals surface area (Å²) in [5, 5.41) is 13.9. The number of aliphatic hydroxyl groups is 1. The summed E-state index contributed by atoms with van der Waals surface area (Å²) < 4.78 is 0. The molecular weight excluding hydrogens is 482 g/mol. The minimum Gasteiger partial charge on any atom is -0.507 e. The van der Waals surface area contributed by atoms with E-state index in [2.05, 4.69) is 20.8 Å². The number of carbonyl (C=O) groups excluding carboxylic acids is 2. The number of anilines is 1. The number of carbonyl (C=O) groups is 2. The number of hydrogen-bond donors (Lipinski definition) is 1. The first-order valence-corrected chi connectivity index (χ1v) is 12.6. The highest BCUT2D eigenvalue weighted by molar-refractivity contribution is 6.52. The predicted molar refractivity (Wildman–Crippen MR) is 150 cm³/mol. The summed E-state index contributed by atoms with van der Waals surface area (Å²) in [6.45, 7) is 8.21. The van der Waals surface area contributed by atoms with Gasteiger partial charge in [-0.3, -0.25) is 14.5 Å². The number of ketones is 1. The van der Waals surface area contributed by atoms with E-state index in [0.717, 1.165) is 21.9 Å². The molecule has 1 heterocycles. The number of fused-ring (bicyclic) bond motifs is 1. The zero-order valence-electron chi connectivity index (χ0n) is 21.2. The van der Waals surface area contributed by atoms with Gasteiger partial charge in [0.15, 0.2) is 0 Å². The number of amides is 1. The van der Waals surface area contributed by atoms with Crippen LogP contribution in [0.25, 0.3) is 16.5 Å². The quantitative estimate of drug-likeness (QED) is 0.175. The summed E-state index contributed by atoms with van der Waals surface area (Å²) in [6, 6.07) is 25.6. The smallest absolute Gasteiger partial charge is 0.300 e. The van der Waals surface area contributed by atoms with Gasteiger partial charge < -0.3 is 5.11 Å². The highest BCUT2D eigenvalue weighted by Gasteiger charge is 2.47. The molecule has 5 rings (SSSR count). The molecule has 0 radical (unpaired) electrons. The lowest BCUT2D eigenvalue weighted by Crippen LogP contribution is -2.30. The largest absolute Gasteiger partial charge is 0.507 e. The average Bonchev–Trinajstić information content (AvgIpc) is 3.14. The van der Waals surface area contributed by atoms with Gasteiger partial charge >= 0.3 is 0 Å². The van der Waals surface area contributed by atoms with Crippen molar-refractivity contribution in [1.29, 1.82) is 0 Å². The molecule has 1 N–H and O–H groups in total. The van der Waals surface area contributed by atoms with Crippen LogP contribution in [-0.4, -0.2) is 16.8 Å². The van der Waals surface area contributed by atoms with Crippen molar-refractivity contribution in [2.24, 2.45) is 0 Å². The van der Waals surface area contributed by atoms with Crippen LogP contribution in [0.3, 0.4) is 0 Å². The van der Waals surface area contributed by atoms with Crippen molar-refractivity contribution in [2.45, 2.75) is 39.2 Å². The zero-order valence-corrected chi connectivity index (χ0v) is 22.0. The molecule has 0 spiro atoms. The van der Waals surface area contributed by atoms with Crippen molar-refractivity contribution in [1.82, 2.24) is 0 Å². The summed E-state index contributed by atoms with van der Waals surface area (Å²) in [5.74, 6) is -1.62. The summed E-state index contributed by atoms with van der Waals surface area (Å²) in [5.41, 5.74) is 3.59. The van der Waals surface area contributed by atoms with E-state index in [0.29, 0.717) is 21.8 Å². The monoisotopic (exact) mass is 509 g/mol. The summed E-state index contributed by atoms with van der Waals surface area (Å²) in [6.07, 6.45) is 0. The minimum atomic E-state index is -0.815. The molecular formula is C32H28ClNO3. The third kappa shape index (κ3) is 4.21. The maximum atomic E-state index is 13.6. The molecule has 4 aromatic carbocycles. The molecule has 5 heteroatoms. The molecule has 1 atom stereocenters. The number of aliphatic hydroxyl groups excluding tert-OH is 1. The molecule has 4 nitrogen and oxygen atoms in total. The molecule has 0 bridgehead atoms. The van der Waals surface area contributed by atoms with Crippen LogP contribution in [-0.2, 0) is 15.0 Å². The van der Waals surface area contributed by atoms with Crippen molar-refractivity contribution in [2.75, 3.05) is 4.90 Å². The number of halogens is 1. The van der Waals surface area contributed by atoms with Gasteiger partial charge in [0.25, 0.3) is 11.7 Å². The summed E-state index contributed by atoms with van der Waals surface area (Å²) in [7, 11) is 0. The highest BCUT2D eigenvalue weighted by atomic mass is 35.5. The van der Waals surface area contributed by atoms with Crippen LogP contribution in [0.4, 0.5) is 5.69 Å². The molecule has 1 amide bonds. The van der Waals surface area contributed by atoms with Gasteiger partial charge in [0.1, 0.15) is 5.76 Å². The Morgan fingerprint density at radius 1 is 0.865 bits per heavy atom. The SMILES string of the molecule is Cc1c(Cl)cccc1N1C(=O)C(=O)/C(=C(\O)c2cccc3ccccc23)C1c1ccc(C(C)(C)C)cc1. The lowest BCUT2D eigenvalue weighted by molar-refractivity contribution is -0.132. The van der Waals surface area contributed by atoms with E-state index in [4.69, 9.17) is 11.6 Å². The molecule has 4 aromatic rings. The van der Waals surface area contributed by atoms with Crippen LogP contribution < -0.4 is 4.90 Å². The molecule has 0 saturated carbocycles. The molecule has 1 fully saturated rings. The average molecular weight is 510 g/mol. The minimum absolute atomic E-state index is 0.0595. The van der Waals surface area contributed by atoms with Crippen LogP contribution in [0.15, 0.2) is 90.5 Å². The third-order valence-electron chi connectivity index (χ3n) is 7.08. The number of hydrogen-bond acceptors (Lipinski definition) is 3. The van der Waals surface area contributed by atoms with Crippen molar-refractivity contribution in [3.05, 3.63) is 118 Å². The lowest BCUT2D eigenvalue weighted by Gasteiger charge is -2.28. The van der Waals surface area contributed by atoms with E-state index in [1.807, 2.05) is 67.6 Å². The summed E-state index contributed by atoms with van der Waals surface area (Å²) >= 11 is 6.42. The predicted octanol–water partition coefficient (Wildman–Crippen LogP) is 7.73. The lowest BCUT2D eigenvalue weighted by atomic mass is 9.85. The molecule has 1 aliphatic rings. The molecule has 186 valence electrons. The number of rotatable bonds is 3. The molecule has 1 aliphatic heterocycles.